The molecule has 3 amide bonds. The van der Waals surface area contributed by atoms with E-state index in [4.69, 9.17) is 11.6 Å². The number of hydrogen-bond acceptors (Lipinski definition) is 6. The molecule has 3 heterocycles. The van der Waals surface area contributed by atoms with Crippen LogP contribution in [-0.4, -0.2) is 72.3 Å². The zero-order valence-electron chi connectivity index (χ0n) is 16.8. The lowest BCUT2D eigenvalue weighted by atomic mass is 10.0. The zero-order valence-corrected chi connectivity index (χ0v) is 19.2. The van der Waals surface area contributed by atoms with Gasteiger partial charge in [-0.15, -0.1) is 11.3 Å². The van der Waals surface area contributed by atoms with Gasteiger partial charge in [0.25, 0.3) is 0 Å². The molecule has 1 unspecified atom stereocenters. The summed E-state index contributed by atoms with van der Waals surface area (Å²) in [6.45, 7) is 0.819. The van der Waals surface area contributed by atoms with E-state index < -0.39 is 15.9 Å². The molecule has 1 aromatic heterocycles. The summed E-state index contributed by atoms with van der Waals surface area (Å²) >= 11 is 7.25. The fourth-order valence-electron chi connectivity index (χ4n) is 3.79. The molecule has 0 saturated carbocycles. The number of piperidine rings is 1. The molecule has 4 rings (SSSR count). The van der Waals surface area contributed by atoms with Gasteiger partial charge < -0.3 is 15.1 Å². The van der Waals surface area contributed by atoms with Gasteiger partial charge in [0.2, 0.25) is 5.91 Å². The van der Waals surface area contributed by atoms with Crippen LogP contribution in [0.2, 0.25) is 5.02 Å². The fraction of sp³-hybridized carbons (Fsp3) is 0.450. The smallest absolute Gasteiger partial charge is 0.320 e. The van der Waals surface area contributed by atoms with Gasteiger partial charge in [0.15, 0.2) is 15.0 Å². The molecule has 1 N–H and O–H groups in total. The van der Waals surface area contributed by atoms with Crippen LogP contribution in [0.1, 0.15) is 19.3 Å². The predicted molar refractivity (Wildman–Crippen MR) is 121 cm³/mol. The van der Waals surface area contributed by atoms with Crippen LogP contribution in [0.3, 0.4) is 0 Å². The third-order valence-corrected chi connectivity index (χ3v) is 8.16. The van der Waals surface area contributed by atoms with Gasteiger partial charge in [-0.25, -0.2) is 18.2 Å². The summed E-state index contributed by atoms with van der Waals surface area (Å²) in [5.41, 5.74) is 1.64. The summed E-state index contributed by atoms with van der Waals surface area (Å²) in [5.74, 6) is -0.332. The molecule has 0 aliphatic carbocycles. The molecule has 0 bridgehead atoms. The van der Waals surface area contributed by atoms with Crippen molar-refractivity contribution in [1.82, 2.24) is 14.8 Å². The molecular weight excluding hydrogens is 460 g/mol. The Morgan fingerprint density at radius 1 is 1.10 bits per heavy atom. The first-order valence-electron chi connectivity index (χ1n) is 10.1. The Hall–Kier alpha value is -2.17. The second-order valence-electron chi connectivity index (χ2n) is 7.66. The van der Waals surface area contributed by atoms with Crippen molar-refractivity contribution in [2.45, 2.75) is 25.3 Å². The van der Waals surface area contributed by atoms with Gasteiger partial charge in [-0.3, -0.25) is 4.79 Å². The number of likely N-dealkylation sites (tertiary alicyclic amines) is 1. The number of hydrogen-bond donors (Lipinski definition) is 1. The molecule has 0 radical (unpaired) electrons. The summed E-state index contributed by atoms with van der Waals surface area (Å²) < 4.78 is 23.3. The number of benzene rings is 1. The molecule has 8 nitrogen and oxygen atoms in total. The Morgan fingerprint density at radius 3 is 2.52 bits per heavy atom. The zero-order chi connectivity index (χ0) is 22.0. The second kappa shape index (κ2) is 9.13. The van der Waals surface area contributed by atoms with Gasteiger partial charge in [0, 0.05) is 35.6 Å². The number of amides is 3. The molecule has 11 heteroatoms. The largest absolute Gasteiger partial charge is 0.323 e. The predicted octanol–water partition coefficient (Wildman–Crippen LogP) is 3.11. The highest BCUT2D eigenvalue weighted by Crippen LogP contribution is 2.27. The van der Waals surface area contributed by atoms with Crippen LogP contribution in [0.4, 0.5) is 9.93 Å². The molecule has 2 aliphatic heterocycles. The molecule has 0 spiro atoms. The maximum atomic E-state index is 13.0. The van der Waals surface area contributed by atoms with Crippen molar-refractivity contribution in [2.75, 3.05) is 36.5 Å². The van der Waals surface area contributed by atoms with Gasteiger partial charge in [0.1, 0.15) is 6.04 Å². The van der Waals surface area contributed by atoms with Gasteiger partial charge in [0.05, 0.1) is 17.2 Å². The lowest BCUT2D eigenvalue weighted by Crippen LogP contribution is -2.56. The van der Waals surface area contributed by atoms with Crippen molar-refractivity contribution >= 4 is 49.8 Å². The minimum absolute atomic E-state index is 0.0317. The van der Waals surface area contributed by atoms with Crippen LogP contribution >= 0.6 is 22.9 Å². The van der Waals surface area contributed by atoms with Crippen molar-refractivity contribution in [2.24, 2.45) is 0 Å². The Bertz CT molecular complexity index is 1060. The Labute approximate surface area is 190 Å². The number of halogens is 1. The van der Waals surface area contributed by atoms with E-state index in [2.05, 4.69) is 10.3 Å². The number of sulfone groups is 1. The van der Waals surface area contributed by atoms with Crippen LogP contribution in [0, 0.1) is 0 Å². The first kappa shape index (κ1) is 22.0. The third-order valence-electron chi connectivity index (χ3n) is 5.54. The topological polar surface area (TPSA) is 99.7 Å². The number of rotatable bonds is 3. The van der Waals surface area contributed by atoms with Crippen LogP contribution in [-0.2, 0) is 14.6 Å². The molecular formula is C20H23ClN4O4S2. The molecule has 2 fully saturated rings. The minimum atomic E-state index is -3.08. The van der Waals surface area contributed by atoms with Gasteiger partial charge in [-0.1, -0.05) is 23.7 Å². The quantitative estimate of drug-likeness (QED) is 0.724. The van der Waals surface area contributed by atoms with Crippen LogP contribution in [0.15, 0.2) is 29.6 Å². The molecule has 2 saturated heterocycles. The molecule has 2 aliphatic rings. The summed E-state index contributed by atoms with van der Waals surface area (Å²) in [6, 6.07) is 6.43. The van der Waals surface area contributed by atoms with Crippen molar-refractivity contribution in [3.8, 4) is 11.3 Å². The van der Waals surface area contributed by atoms with Crippen LogP contribution < -0.4 is 5.32 Å². The molecule has 1 aromatic carbocycles. The van der Waals surface area contributed by atoms with Gasteiger partial charge in [-0.05, 0) is 31.4 Å². The average molecular weight is 483 g/mol. The van der Waals surface area contributed by atoms with E-state index in [9.17, 15) is 18.0 Å². The van der Waals surface area contributed by atoms with E-state index in [-0.39, 0.29) is 36.5 Å². The lowest BCUT2D eigenvalue weighted by Gasteiger charge is -2.39. The summed E-state index contributed by atoms with van der Waals surface area (Å²) in [7, 11) is -3.08. The third kappa shape index (κ3) is 5.19. The number of aromatic nitrogens is 1. The number of urea groups is 1. The van der Waals surface area contributed by atoms with Crippen molar-refractivity contribution < 1.29 is 18.0 Å². The number of thiazole rings is 1. The lowest BCUT2D eigenvalue weighted by molar-refractivity contribution is -0.121. The minimum Gasteiger partial charge on any atom is -0.323 e. The monoisotopic (exact) mass is 482 g/mol. The van der Waals surface area contributed by atoms with Gasteiger partial charge >= 0.3 is 6.03 Å². The molecule has 31 heavy (non-hydrogen) atoms. The highest BCUT2D eigenvalue weighted by molar-refractivity contribution is 7.91. The number of nitrogens with one attached hydrogen (secondary N) is 1. The number of carbonyl (C=O) groups is 2. The van der Waals surface area contributed by atoms with E-state index in [0.717, 1.165) is 24.1 Å². The van der Waals surface area contributed by atoms with Gasteiger partial charge in [-0.2, -0.15) is 0 Å². The summed E-state index contributed by atoms with van der Waals surface area (Å²) in [5, 5.41) is 5.82. The molecule has 166 valence electrons. The van der Waals surface area contributed by atoms with E-state index >= 15 is 0 Å². The van der Waals surface area contributed by atoms with E-state index in [1.807, 2.05) is 17.5 Å². The maximum Gasteiger partial charge on any atom is 0.320 e. The van der Waals surface area contributed by atoms with Crippen molar-refractivity contribution in [1.29, 1.82) is 0 Å². The number of carbonyl (C=O) groups excluding carboxylic acids is 2. The van der Waals surface area contributed by atoms with Crippen molar-refractivity contribution in [3.63, 3.8) is 0 Å². The first-order chi connectivity index (χ1) is 14.8. The van der Waals surface area contributed by atoms with E-state index in [1.54, 1.807) is 17.0 Å². The van der Waals surface area contributed by atoms with Crippen molar-refractivity contribution in [3.05, 3.63) is 34.7 Å². The Kier molecular flexibility index (Phi) is 6.49. The first-order valence-corrected chi connectivity index (χ1v) is 13.2. The van der Waals surface area contributed by atoms with E-state index in [1.165, 1.54) is 16.2 Å². The standard InChI is InChI=1S/C20H23ClN4O4S2/c21-15-6-4-14(5-7-15)16-13-30-19(22-16)23-18(26)17-3-1-2-8-25(17)20(27)24-9-11-31(28,29)12-10-24/h4-7,13,17H,1-3,8-12H2,(H,22,23,26). The van der Waals surface area contributed by atoms with E-state index in [0.29, 0.717) is 23.1 Å². The average Bonchev–Trinajstić information content (AvgIpc) is 3.22. The SMILES string of the molecule is O=C(Nc1nc(-c2ccc(Cl)cc2)cs1)C1CCCCN1C(=O)N1CCS(=O)(=O)CC1. The summed E-state index contributed by atoms with van der Waals surface area (Å²) in [4.78, 5) is 33.6. The molecule has 1 atom stereocenters. The van der Waals surface area contributed by atoms with Crippen LogP contribution in [0.5, 0.6) is 0 Å². The number of nitrogens with zero attached hydrogens (tertiary/aromatic N) is 3. The maximum absolute atomic E-state index is 13.0. The second-order valence-corrected chi connectivity index (χ2v) is 11.3. The highest BCUT2D eigenvalue weighted by Gasteiger charge is 2.36. The highest BCUT2D eigenvalue weighted by atomic mass is 35.5. The summed E-state index contributed by atoms with van der Waals surface area (Å²) in [6.07, 6.45) is 2.24. The number of anilines is 1. The fourth-order valence-corrected chi connectivity index (χ4v) is 5.84. The molecule has 2 aromatic rings. The normalized spacial score (nSPS) is 21.0. The Balaban J connectivity index is 1.43. The van der Waals surface area contributed by atoms with Crippen LogP contribution in [0.25, 0.3) is 11.3 Å². The Morgan fingerprint density at radius 2 is 1.81 bits per heavy atom.